The molecule has 9 rings (SSSR count). The predicted molar refractivity (Wildman–Crippen MR) is 246 cm³/mol. The Morgan fingerprint density at radius 3 is 1.53 bits per heavy atom. The van der Waals surface area contributed by atoms with Crippen molar-refractivity contribution in [3.05, 3.63) is 124 Å². The highest BCUT2D eigenvalue weighted by atomic mass is 16.4. The standard InChI is InChI=1S/C53H61BN2O/c1-32-27-43-47-44(28-32)56(37-22-17-34(18-23-37)50(5,6)7)48-46(38-30-39-40(31-45(38)57-48)53(13,14)26-25-52(39,11)12)54(47)41-29-35(51(8,9)10)19-24-42(41)55(43)36-20-15-33(16-21-36)49(2,3)4/h15-24,27-31H,25-26H2,1-14H3. The molecule has 4 heteroatoms. The van der Waals surface area contributed by atoms with E-state index >= 15 is 0 Å². The highest BCUT2D eigenvalue weighted by Gasteiger charge is 2.48. The Hall–Kier alpha value is -4.70. The third kappa shape index (κ3) is 5.91. The summed E-state index contributed by atoms with van der Waals surface area (Å²) in [6.07, 6.45) is 2.33. The van der Waals surface area contributed by atoms with Crippen molar-refractivity contribution < 1.29 is 4.42 Å². The Morgan fingerprint density at radius 1 is 0.526 bits per heavy atom. The third-order valence-corrected chi connectivity index (χ3v) is 13.7. The summed E-state index contributed by atoms with van der Waals surface area (Å²) in [5.74, 6) is 0.940. The number of anilines is 6. The fourth-order valence-corrected chi connectivity index (χ4v) is 9.94. The van der Waals surface area contributed by atoms with Crippen molar-refractivity contribution >= 4 is 68.4 Å². The largest absolute Gasteiger partial charge is 0.440 e. The van der Waals surface area contributed by atoms with Gasteiger partial charge in [0, 0.05) is 39.3 Å². The molecule has 0 atom stereocenters. The topological polar surface area (TPSA) is 19.6 Å². The van der Waals surface area contributed by atoms with Gasteiger partial charge in [0.2, 0.25) is 5.88 Å². The summed E-state index contributed by atoms with van der Waals surface area (Å²) < 4.78 is 7.36. The van der Waals surface area contributed by atoms with E-state index in [2.05, 4.69) is 198 Å². The van der Waals surface area contributed by atoms with Crippen LogP contribution in [-0.4, -0.2) is 6.71 Å². The van der Waals surface area contributed by atoms with Crippen LogP contribution in [0.1, 0.15) is 136 Å². The van der Waals surface area contributed by atoms with Crippen LogP contribution in [0.3, 0.4) is 0 Å². The zero-order valence-electron chi connectivity index (χ0n) is 37.0. The maximum atomic E-state index is 7.36. The molecule has 0 saturated heterocycles. The fourth-order valence-electron chi connectivity index (χ4n) is 9.94. The minimum absolute atomic E-state index is 0.0166. The molecule has 57 heavy (non-hydrogen) atoms. The second kappa shape index (κ2) is 12.2. The Kier molecular flexibility index (Phi) is 8.08. The normalized spacial score (nSPS) is 17.0. The molecular formula is C53H61BN2O. The quantitative estimate of drug-likeness (QED) is 0.164. The van der Waals surface area contributed by atoms with Crippen LogP contribution in [0.4, 0.5) is 34.3 Å². The van der Waals surface area contributed by atoms with Gasteiger partial charge in [-0.2, -0.15) is 0 Å². The van der Waals surface area contributed by atoms with Crippen LogP contribution in [0, 0.1) is 6.92 Å². The second-order valence-electron chi connectivity index (χ2n) is 21.9. The van der Waals surface area contributed by atoms with E-state index in [1.807, 2.05) is 0 Å². The molecule has 0 unspecified atom stereocenters. The molecule has 0 spiro atoms. The van der Waals surface area contributed by atoms with E-state index in [1.165, 1.54) is 84.3 Å². The highest BCUT2D eigenvalue weighted by Crippen LogP contribution is 2.51. The average Bonchev–Trinajstić information content (AvgIpc) is 3.50. The molecule has 0 fully saturated rings. The highest BCUT2D eigenvalue weighted by molar-refractivity contribution is 7.01. The van der Waals surface area contributed by atoms with Gasteiger partial charge in [-0.1, -0.05) is 126 Å². The van der Waals surface area contributed by atoms with Crippen molar-refractivity contribution in [2.24, 2.45) is 0 Å². The van der Waals surface area contributed by atoms with Gasteiger partial charge in [0.1, 0.15) is 5.58 Å². The van der Waals surface area contributed by atoms with Gasteiger partial charge in [0.25, 0.3) is 6.71 Å². The third-order valence-electron chi connectivity index (χ3n) is 13.7. The SMILES string of the molecule is Cc1cc2c3c(c1)N(c1ccc(C(C)(C)C)cc1)c1oc4cc5c(cc4c1B3c1cc(C(C)(C)C)ccc1N2c1ccc(C(C)(C)C)cc1)C(C)(C)CCC5(C)C. The number of aryl methyl sites for hydroxylation is 1. The maximum absolute atomic E-state index is 7.36. The van der Waals surface area contributed by atoms with Gasteiger partial charge in [-0.05, 0) is 146 Å². The number of fused-ring (bicyclic) bond motifs is 7. The smallest absolute Gasteiger partial charge is 0.257 e. The molecule has 0 bridgehead atoms. The zero-order valence-corrected chi connectivity index (χ0v) is 37.0. The minimum atomic E-state index is -0.0178. The molecule has 1 aliphatic carbocycles. The maximum Gasteiger partial charge on any atom is 0.257 e. The summed E-state index contributed by atoms with van der Waals surface area (Å²) in [6, 6.07) is 35.6. The van der Waals surface area contributed by atoms with E-state index in [-0.39, 0.29) is 33.8 Å². The van der Waals surface area contributed by atoms with Crippen molar-refractivity contribution in [1.29, 1.82) is 0 Å². The van der Waals surface area contributed by atoms with Crippen molar-refractivity contribution in [1.82, 2.24) is 0 Å². The first-order valence-electron chi connectivity index (χ1n) is 21.3. The van der Waals surface area contributed by atoms with Gasteiger partial charge in [0.05, 0.1) is 0 Å². The number of hydrogen-bond acceptors (Lipinski definition) is 3. The number of rotatable bonds is 2. The van der Waals surface area contributed by atoms with E-state index in [9.17, 15) is 0 Å². The zero-order chi connectivity index (χ0) is 40.8. The van der Waals surface area contributed by atoms with E-state index in [0.29, 0.717) is 0 Å². The molecule has 2 aliphatic heterocycles. The van der Waals surface area contributed by atoms with E-state index in [1.54, 1.807) is 0 Å². The second-order valence-corrected chi connectivity index (χ2v) is 21.9. The molecule has 0 radical (unpaired) electrons. The molecular weight excluding hydrogens is 691 g/mol. The van der Waals surface area contributed by atoms with Crippen LogP contribution in [0.25, 0.3) is 11.0 Å². The minimum Gasteiger partial charge on any atom is -0.440 e. The Labute approximate surface area is 342 Å². The van der Waals surface area contributed by atoms with Crippen molar-refractivity contribution in [3.8, 4) is 0 Å². The van der Waals surface area contributed by atoms with E-state index < -0.39 is 0 Å². The predicted octanol–water partition coefficient (Wildman–Crippen LogP) is 13.1. The summed E-state index contributed by atoms with van der Waals surface area (Å²) in [5.41, 5.74) is 19.3. The van der Waals surface area contributed by atoms with Crippen LogP contribution in [0.15, 0.2) is 95.4 Å². The van der Waals surface area contributed by atoms with E-state index in [4.69, 9.17) is 4.42 Å². The number of hydrogen-bond donors (Lipinski definition) is 0. The van der Waals surface area contributed by atoms with Crippen LogP contribution in [0.2, 0.25) is 0 Å². The Balaban J connectivity index is 1.40. The molecule has 0 amide bonds. The van der Waals surface area contributed by atoms with Crippen LogP contribution in [-0.2, 0) is 27.1 Å². The van der Waals surface area contributed by atoms with Gasteiger partial charge >= 0.3 is 0 Å². The first kappa shape index (κ1) is 37.9. The lowest BCUT2D eigenvalue weighted by Crippen LogP contribution is -2.61. The monoisotopic (exact) mass is 752 g/mol. The summed E-state index contributed by atoms with van der Waals surface area (Å²) >= 11 is 0. The lowest BCUT2D eigenvalue weighted by molar-refractivity contribution is 0.332. The number of furan rings is 1. The van der Waals surface area contributed by atoms with Crippen molar-refractivity contribution in [3.63, 3.8) is 0 Å². The summed E-state index contributed by atoms with van der Waals surface area (Å²) in [5, 5.41) is 1.24. The lowest BCUT2D eigenvalue weighted by Gasteiger charge is -2.43. The van der Waals surface area contributed by atoms with Gasteiger partial charge in [-0.25, -0.2) is 0 Å². The summed E-state index contributed by atoms with van der Waals surface area (Å²) in [6.45, 7) is 32.7. The summed E-state index contributed by atoms with van der Waals surface area (Å²) in [4.78, 5) is 4.98. The first-order valence-corrected chi connectivity index (χ1v) is 21.3. The van der Waals surface area contributed by atoms with Gasteiger partial charge in [-0.3, -0.25) is 4.90 Å². The Morgan fingerprint density at radius 2 is 1.00 bits per heavy atom. The van der Waals surface area contributed by atoms with Gasteiger partial charge in [0.15, 0.2) is 0 Å². The lowest BCUT2D eigenvalue weighted by atomic mass is 9.33. The molecule has 3 heterocycles. The average molecular weight is 753 g/mol. The van der Waals surface area contributed by atoms with Gasteiger partial charge < -0.3 is 9.32 Å². The fraction of sp³-hybridized carbons (Fsp3) is 0.396. The van der Waals surface area contributed by atoms with Crippen LogP contribution in [0.5, 0.6) is 0 Å². The van der Waals surface area contributed by atoms with Crippen molar-refractivity contribution in [2.75, 3.05) is 9.80 Å². The molecule has 0 N–H and O–H groups in total. The van der Waals surface area contributed by atoms with Gasteiger partial charge in [-0.15, -0.1) is 0 Å². The molecule has 292 valence electrons. The molecule has 1 aromatic heterocycles. The van der Waals surface area contributed by atoms with Crippen LogP contribution >= 0.6 is 0 Å². The number of benzene rings is 5. The van der Waals surface area contributed by atoms with Crippen LogP contribution < -0.4 is 26.2 Å². The van der Waals surface area contributed by atoms with Crippen molar-refractivity contribution in [2.45, 2.75) is 137 Å². The molecule has 3 aliphatic rings. The molecule has 0 saturated carbocycles. The van der Waals surface area contributed by atoms with E-state index in [0.717, 1.165) is 23.6 Å². The molecule has 5 aromatic carbocycles. The summed E-state index contributed by atoms with van der Waals surface area (Å²) in [7, 11) is 0. The first-order chi connectivity index (χ1) is 26.5. The molecule has 6 aromatic rings. The number of nitrogens with zero attached hydrogens (tertiary/aromatic N) is 2. The molecule has 3 nitrogen and oxygen atoms in total. The Bertz CT molecular complexity index is 2580.